The molecule has 2 aliphatic rings. The standard InChI is InChI=1S/C18H17NO4S2/c1-22-16(20)18(17(21)23-2)10-12(13-8-5-9-24-13)19-11-6-3-4-7-14(11)25-15(18)19/h3-9,12,15H,10H2,1-2H3/t12-,15+/m0/s1. The van der Waals surface area contributed by atoms with Gasteiger partial charge in [0.1, 0.15) is 5.37 Å². The molecular formula is C18H17NO4S2. The van der Waals surface area contributed by atoms with E-state index in [9.17, 15) is 9.59 Å². The number of para-hydroxylation sites is 1. The minimum absolute atomic E-state index is 0.0700. The van der Waals surface area contributed by atoms with E-state index in [1.54, 1.807) is 11.3 Å². The topological polar surface area (TPSA) is 55.8 Å². The van der Waals surface area contributed by atoms with Crippen LogP contribution in [-0.2, 0) is 19.1 Å². The Kier molecular flexibility index (Phi) is 4.00. The van der Waals surface area contributed by atoms with Gasteiger partial charge in [0.05, 0.1) is 25.9 Å². The summed E-state index contributed by atoms with van der Waals surface area (Å²) < 4.78 is 10.1. The highest BCUT2D eigenvalue weighted by atomic mass is 32.2. The third-order valence-electron chi connectivity index (χ3n) is 4.88. The molecule has 5 nitrogen and oxygen atoms in total. The second kappa shape index (κ2) is 6.07. The number of ether oxygens (including phenoxy) is 2. The van der Waals surface area contributed by atoms with Crippen molar-refractivity contribution in [2.75, 3.05) is 19.1 Å². The molecule has 3 heterocycles. The van der Waals surface area contributed by atoms with E-state index in [0.29, 0.717) is 6.42 Å². The maximum absolute atomic E-state index is 12.8. The molecule has 2 atom stereocenters. The number of methoxy groups -OCH3 is 2. The number of carbonyl (C=O) groups is 2. The first-order chi connectivity index (χ1) is 12.1. The van der Waals surface area contributed by atoms with E-state index in [1.165, 1.54) is 26.0 Å². The van der Waals surface area contributed by atoms with Crippen LogP contribution in [0.5, 0.6) is 0 Å². The third-order valence-corrected chi connectivity index (χ3v) is 7.30. The summed E-state index contributed by atoms with van der Waals surface area (Å²) >= 11 is 3.16. The molecule has 0 radical (unpaired) electrons. The Morgan fingerprint density at radius 3 is 2.48 bits per heavy atom. The van der Waals surface area contributed by atoms with E-state index in [1.807, 2.05) is 41.8 Å². The zero-order valence-corrected chi connectivity index (χ0v) is 15.4. The molecule has 0 amide bonds. The van der Waals surface area contributed by atoms with Crippen LogP contribution >= 0.6 is 23.1 Å². The summed E-state index contributed by atoms with van der Waals surface area (Å²) in [4.78, 5) is 29.9. The van der Waals surface area contributed by atoms with Crippen molar-refractivity contribution in [1.29, 1.82) is 0 Å². The molecule has 0 N–H and O–H groups in total. The summed E-state index contributed by atoms with van der Waals surface area (Å²) in [6.45, 7) is 0. The number of esters is 2. The van der Waals surface area contributed by atoms with Gasteiger partial charge >= 0.3 is 11.9 Å². The van der Waals surface area contributed by atoms with Gasteiger partial charge in [-0.15, -0.1) is 11.3 Å². The van der Waals surface area contributed by atoms with Crippen LogP contribution in [0.15, 0.2) is 46.7 Å². The summed E-state index contributed by atoms with van der Waals surface area (Å²) in [7, 11) is 2.64. The number of thioether (sulfide) groups is 1. The maximum Gasteiger partial charge on any atom is 0.326 e. The molecule has 4 rings (SSSR count). The summed E-state index contributed by atoms with van der Waals surface area (Å²) in [5.41, 5.74) is -0.299. The third kappa shape index (κ3) is 2.22. The molecule has 1 aromatic heterocycles. The molecule has 1 aromatic carbocycles. The molecule has 0 aliphatic carbocycles. The van der Waals surface area contributed by atoms with Crippen molar-refractivity contribution < 1.29 is 19.1 Å². The van der Waals surface area contributed by atoms with Crippen LogP contribution in [0.4, 0.5) is 5.69 Å². The first kappa shape index (κ1) is 16.5. The Bertz CT molecular complexity index is 804. The Labute approximate surface area is 153 Å². The van der Waals surface area contributed by atoms with Gasteiger partial charge < -0.3 is 14.4 Å². The Balaban J connectivity index is 1.89. The van der Waals surface area contributed by atoms with E-state index in [2.05, 4.69) is 4.90 Å². The van der Waals surface area contributed by atoms with Crippen molar-refractivity contribution in [1.82, 2.24) is 0 Å². The Hall–Kier alpha value is -1.99. The second-order valence-electron chi connectivity index (χ2n) is 6.04. The van der Waals surface area contributed by atoms with Gasteiger partial charge in [-0.3, -0.25) is 9.59 Å². The number of hydrogen-bond donors (Lipinski definition) is 0. The van der Waals surface area contributed by atoms with E-state index in [0.717, 1.165) is 15.5 Å². The van der Waals surface area contributed by atoms with Gasteiger partial charge in [0.25, 0.3) is 0 Å². The fourth-order valence-electron chi connectivity index (χ4n) is 3.78. The predicted octanol–water partition coefficient (Wildman–Crippen LogP) is 3.46. The largest absolute Gasteiger partial charge is 0.468 e. The monoisotopic (exact) mass is 375 g/mol. The highest BCUT2D eigenvalue weighted by Crippen LogP contribution is 2.62. The number of benzene rings is 1. The van der Waals surface area contributed by atoms with Crippen LogP contribution in [0.1, 0.15) is 17.3 Å². The Morgan fingerprint density at radius 2 is 1.84 bits per heavy atom. The number of nitrogens with zero attached hydrogens (tertiary/aromatic N) is 1. The van der Waals surface area contributed by atoms with Crippen LogP contribution in [0, 0.1) is 5.41 Å². The van der Waals surface area contributed by atoms with E-state index < -0.39 is 17.4 Å². The molecule has 1 fully saturated rings. The molecular weight excluding hydrogens is 358 g/mol. The summed E-state index contributed by atoms with van der Waals surface area (Å²) in [5.74, 6) is -1.07. The van der Waals surface area contributed by atoms with E-state index in [4.69, 9.17) is 9.47 Å². The lowest BCUT2D eigenvalue weighted by molar-refractivity contribution is -0.168. The van der Waals surface area contributed by atoms with Crippen LogP contribution < -0.4 is 4.90 Å². The quantitative estimate of drug-likeness (QED) is 0.605. The number of thiophene rings is 1. The van der Waals surface area contributed by atoms with Gasteiger partial charge in [-0.2, -0.15) is 0 Å². The smallest absolute Gasteiger partial charge is 0.326 e. The minimum Gasteiger partial charge on any atom is -0.468 e. The van der Waals surface area contributed by atoms with Gasteiger partial charge in [-0.25, -0.2) is 0 Å². The molecule has 0 saturated carbocycles. The van der Waals surface area contributed by atoms with E-state index in [-0.39, 0.29) is 11.4 Å². The number of carbonyl (C=O) groups excluding carboxylic acids is 2. The predicted molar refractivity (Wildman–Crippen MR) is 96.7 cm³/mol. The first-order valence-electron chi connectivity index (χ1n) is 7.87. The molecule has 7 heteroatoms. The maximum atomic E-state index is 12.8. The number of rotatable bonds is 3. The lowest BCUT2D eigenvalue weighted by atomic mass is 9.84. The van der Waals surface area contributed by atoms with Gasteiger partial charge in [-0.1, -0.05) is 30.0 Å². The van der Waals surface area contributed by atoms with Gasteiger partial charge in [0, 0.05) is 16.2 Å². The van der Waals surface area contributed by atoms with Crippen molar-refractivity contribution in [3.05, 3.63) is 46.7 Å². The van der Waals surface area contributed by atoms with Crippen molar-refractivity contribution in [3.8, 4) is 0 Å². The van der Waals surface area contributed by atoms with E-state index >= 15 is 0 Å². The summed E-state index contributed by atoms with van der Waals surface area (Å²) in [6, 6.07) is 12.0. The molecule has 130 valence electrons. The zero-order valence-electron chi connectivity index (χ0n) is 13.8. The Morgan fingerprint density at radius 1 is 1.12 bits per heavy atom. The number of fused-ring (bicyclic) bond motifs is 3. The van der Waals surface area contributed by atoms with Crippen molar-refractivity contribution in [2.24, 2.45) is 5.41 Å². The van der Waals surface area contributed by atoms with Gasteiger partial charge in [0.15, 0.2) is 5.41 Å². The molecule has 0 bridgehead atoms. The lowest BCUT2D eigenvalue weighted by Gasteiger charge is -2.29. The average Bonchev–Trinajstić information content (AvgIpc) is 3.35. The first-order valence-corrected chi connectivity index (χ1v) is 9.63. The molecule has 0 unspecified atom stereocenters. The molecule has 1 saturated heterocycles. The fraction of sp³-hybridized carbons (Fsp3) is 0.333. The van der Waals surface area contributed by atoms with Crippen LogP contribution in [0.25, 0.3) is 0 Å². The zero-order chi connectivity index (χ0) is 17.6. The molecule has 2 aliphatic heterocycles. The van der Waals surface area contributed by atoms with Crippen LogP contribution in [0.2, 0.25) is 0 Å². The second-order valence-corrected chi connectivity index (χ2v) is 8.14. The van der Waals surface area contributed by atoms with Crippen LogP contribution in [-0.4, -0.2) is 31.5 Å². The van der Waals surface area contributed by atoms with Crippen molar-refractivity contribution in [3.63, 3.8) is 0 Å². The SMILES string of the molecule is COC(=O)C1(C(=O)OC)C[C@@H](c2cccs2)N2c3ccccc3S[C@@H]21. The highest BCUT2D eigenvalue weighted by molar-refractivity contribution is 8.00. The number of hydrogen-bond acceptors (Lipinski definition) is 7. The van der Waals surface area contributed by atoms with Gasteiger partial charge in [0.2, 0.25) is 0 Å². The van der Waals surface area contributed by atoms with Crippen LogP contribution in [0.3, 0.4) is 0 Å². The summed E-state index contributed by atoms with van der Waals surface area (Å²) in [5, 5.41) is 1.63. The molecule has 25 heavy (non-hydrogen) atoms. The summed E-state index contributed by atoms with van der Waals surface area (Å²) in [6.07, 6.45) is 0.346. The van der Waals surface area contributed by atoms with Gasteiger partial charge in [-0.05, 0) is 23.6 Å². The fourth-order valence-corrected chi connectivity index (χ4v) is 6.16. The normalized spacial score (nSPS) is 23.0. The lowest BCUT2D eigenvalue weighted by Crippen LogP contribution is -2.48. The minimum atomic E-state index is -1.35. The average molecular weight is 375 g/mol. The van der Waals surface area contributed by atoms with Crippen molar-refractivity contribution >= 4 is 40.7 Å². The number of anilines is 1. The highest BCUT2D eigenvalue weighted by Gasteiger charge is 2.66. The molecule has 0 spiro atoms. The van der Waals surface area contributed by atoms with Crippen molar-refractivity contribution in [2.45, 2.75) is 22.7 Å². The molecule has 2 aromatic rings.